The van der Waals surface area contributed by atoms with Gasteiger partial charge >= 0.3 is 0 Å². The van der Waals surface area contributed by atoms with Crippen LogP contribution in [0.5, 0.6) is 0 Å². The number of rotatable bonds is 3. The molecule has 130 valence electrons. The number of imidazole rings is 2. The third kappa shape index (κ3) is 2.81. The fraction of sp³-hybridized carbons (Fsp3) is 0.421. The zero-order valence-corrected chi connectivity index (χ0v) is 14.9. The van der Waals surface area contributed by atoms with Gasteiger partial charge in [-0.1, -0.05) is 12.1 Å². The molecule has 1 atom stereocenters. The number of hydrogen-bond donors (Lipinski definition) is 0. The molecular weight excluding hydrogens is 314 g/mol. The summed E-state index contributed by atoms with van der Waals surface area (Å²) < 4.78 is 4.09. The molecule has 4 rings (SSSR count). The number of para-hydroxylation sites is 2. The van der Waals surface area contributed by atoms with Gasteiger partial charge < -0.3 is 14.0 Å². The van der Waals surface area contributed by atoms with E-state index in [2.05, 4.69) is 14.5 Å². The zero-order chi connectivity index (χ0) is 17.6. The van der Waals surface area contributed by atoms with Gasteiger partial charge in [0.15, 0.2) is 0 Å². The highest BCUT2D eigenvalue weighted by Crippen LogP contribution is 2.27. The van der Waals surface area contributed by atoms with Crippen LogP contribution < -0.4 is 0 Å². The molecule has 1 unspecified atom stereocenters. The summed E-state index contributed by atoms with van der Waals surface area (Å²) in [6.07, 6.45) is 3.01. The van der Waals surface area contributed by atoms with Crippen LogP contribution in [0.3, 0.4) is 0 Å². The SMILES string of the molecule is Cc1cn(C)c(C2CCN(C(=O)Cn3c(C)nc4ccccc43)C2)n1. The van der Waals surface area contributed by atoms with Crippen molar-refractivity contribution in [2.45, 2.75) is 32.7 Å². The van der Waals surface area contributed by atoms with E-state index in [1.807, 2.05) is 60.8 Å². The van der Waals surface area contributed by atoms with Gasteiger partial charge in [-0.2, -0.15) is 0 Å². The third-order valence-corrected chi connectivity index (χ3v) is 5.08. The molecule has 0 spiro atoms. The van der Waals surface area contributed by atoms with E-state index in [9.17, 15) is 4.79 Å². The van der Waals surface area contributed by atoms with Crippen molar-refractivity contribution in [1.29, 1.82) is 0 Å². The molecule has 0 saturated carbocycles. The van der Waals surface area contributed by atoms with E-state index in [0.717, 1.165) is 47.9 Å². The lowest BCUT2D eigenvalue weighted by molar-refractivity contribution is -0.130. The molecule has 3 aromatic rings. The largest absolute Gasteiger partial charge is 0.340 e. The van der Waals surface area contributed by atoms with Crippen molar-refractivity contribution in [1.82, 2.24) is 24.0 Å². The van der Waals surface area contributed by atoms with Crippen molar-refractivity contribution in [3.05, 3.63) is 47.8 Å². The number of nitrogens with zero attached hydrogens (tertiary/aromatic N) is 5. The van der Waals surface area contributed by atoms with Crippen molar-refractivity contribution < 1.29 is 4.79 Å². The Hall–Kier alpha value is -2.63. The van der Waals surface area contributed by atoms with E-state index in [4.69, 9.17) is 0 Å². The van der Waals surface area contributed by atoms with Crippen LogP contribution in [0.4, 0.5) is 0 Å². The monoisotopic (exact) mass is 337 g/mol. The number of hydrogen-bond acceptors (Lipinski definition) is 3. The number of aryl methyl sites for hydroxylation is 3. The first kappa shape index (κ1) is 15.9. The van der Waals surface area contributed by atoms with Gasteiger partial charge in [-0.05, 0) is 32.4 Å². The second kappa shape index (κ2) is 6.02. The van der Waals surface area contributed by atoms with Crippen LogP contribution in [-0.2, 0) is 18.4 Å². The molecule has 6 nitrogen and oxygen atoms in total. The lowest BCUT2D eigenvalue weighted by atomic mass is 10.1. The molecule has 1 aliphatic heterocycles. The zero-order valence-electron chi connectivity index (χ0n) is 14.9. The fourth-order valence-corrected chi connectivity index (χ4v) is 3.84. The van der Waals surface area contributed by atoms with Crippen molar-refractivity contribution in [2.24, 2.45) is 7.05 Å². The highest BCUT2D eigenvalue weighted by molar-refractivity contribution is 5.81. The topological polar surface area (TPSA) is 56.0 Å². The van der Waals surface area contributed by atoms with Gasteiger partial charge in [0.1, 0.15) is 18.2 Å². The average Bonchev–Trinajstić information content (AvgIpc) is 3.26. The van der Waals surface area contributed by atoms with E-state index < -0.39 is 0 Å². The normalized spacial score (nSPS) is 17.6. The number of likely N-dealkylation sites (tertiary alicyclic amines) is 1. The van der Waals surface area contributed by atoms with Crippen molar-refractivity contribution in [3.8, 4) is 0 Å². The number of carbonyl (C=O) groups excluding carboxylic acids is 1. The first-order valence-corrected chi connectivity index (χ1v) is 8.72. The minimum Gasteiger partial charge on any atom is -0.340 e. The van der Waals surface area contributed by atoms with Crippen LogP contribution in [-0.4, -0.2) is 43.0 Å². The maximum absolute atomic E-state index is 12.8. The molecule has 1 saturated heterocycles. The van der Waals surface area contributed by atoms with Crippen LogP contribution >= 0.6 is 0 Å². The minimum atomic E-state index is 0.152. The molecule has 1 aliphatic rings. The first-order valence-electron chi connectivity index (χ1n) is 8.72. The van der Waals surface area contributed by atoms with Crippen LogP contribution in [0.2, 0.25) is 0 Å². The quantitative estimate of drug-likeness (QED) is 0.737. The van der Waals surface area contributed by atoms with Crippen molar-refractivity contribution >= 4 is 16.9 Å². The van der Waals surface area contributed by atoms with Gasteiger partial charge in [-0.3, -0.25) is 4.79 Å². The van der Waals surface area contributed by atoms with Crippen molar-refractivity contribution in [3.63, 3.8) is 0 Å². The summed E-state index contributed by atoms with van der Waals surface area (Å²) in [5.74, 6) is 2.44. The minimum absolute atomic E-state index is 0.152. The molecule has 0 N–H and O–H groups in total. The molecule has 1 aromatic carbocycles. The Morgan fingerprint density at radius 3 is 2.80 bits per heavy atom. The van der Waals surface area contributed by atoms with Crippen molar-refractivity contribution in [2.75, 3.05) is 13.1 Å². The molecule has 2 aromatic heterocycles. The van der Waals surface area contributed by atoms with E-state index in [1.54, 1.807) is 0 Å². The maximum atomic E-state index is 12.8. The van der Waals surface area contributed by atoms with E-state index in [0.29, 0.717) is 12.5 Å². The van der Waals surface area contributed by atoms with Crippen LogP contribution in [0.15, 0.2) is 30.5 Å². The molecule has 25 heavy (non-hydrogen) atoms. The van der Waals surface area contributed by atoms with Gasteiger partial charge in [0, 0.05) is 32.3 Å². The second-order valence-electron chi connectivity index (χ2n) is 6.91. The van der Waals surface area contributed by atoms with E-state index in [1.165, 1.54) is 0 Å². The predicted molar refractivity (Wildman–Crippen MR) is 96.4 cm³/mol. The van der Waals surface area contributed by atoms with Crippen LogP contribution in [0, 0.1) is 13.8 Å². The fourth-order valence-electron chi connectivity index (χ4n) is 3.84. The Morgan fingerprint density at radius 1 is 1.24 bits per heavy atom. The Kier molecular flexibility index (Phi) is 3.82. The Balaban J connectivity index is 1.50. The Labute approximate surface area is 147 Å². The number of aromatic nitrogens is 4. The molecular formula is C19H23N5O. The number of fused-ring (bicyclic) bond motifs is 1. The number of carbonyl (C=O) groups is 1. The molecule has 0 bridgehead atoms. The summed E-state index contributed by atoms with van der Waals surface area (Å²) in [4.78, 5) is 24.0. The Morgan fingerprint density at radius 2 is 2.04 bits per heavy atom. The molecule has 1 fully saturated rings. The second-order valence-corrected chi connectivity index (χ2v) is 6.91. The van der Waals surface area contributed by atoms with Gasteiger partial charge in [-0.15, -0.1) is 0 Å². The molecule has 1 amide bonds. The highest BCUT2D eigenvalue weighted by atomic mass is 16.2. The lowest BCUT2D eigenvalue weighted by Crippen LogP contribution is -2.32. The number of amides is 1. The van der Waals surface area contributed by atoms with E-state index in [-0.39, 0.29) is 5.91 Å². The van der Waals surface area contributed by atoms with Gasteiger partial charge in [0.05, 0.1) is 16.7 Å². The molecule has 0 aliphatic carbocycles. The molecule has 3 heterocycles. The van der Waals surface area contributed by atoms with Crippen LogP contribution in [0.25, 0.3) is 11.0 Å². The Bertz CT molecular complexity index is 939. The summed E-state index contributed by atoms with van der Waals surface area (Å²) in [6.45, 7) is 5.85. The third-order valence-electron chi connectivity index (χ3n) is 5.08. The van der Waals surface area contributed by atoms with Crippen LogP contribution in [0.1, 0.15) is 29.7 Å². The standard InChI is InChI=1S/C19H23N5O/c1-13-10-22(3)19(20-13)15-8-9-23(11-15)18(25)12-24-14(2)21-16-6-4-5-7-17(16)24/h4-7,10,15H,8-9,11-12H2,1-3H3. The number of benzene rings is 1. The highest BCUT2D eigenvalue weighted by Gasteiger charge is 2.30. The smallest absolute Gasteiger partial charge is 0.242 e. The summed E-state index contributed by atoms with van der Waals surface area (Å²) in [5.41, 5.74) is 2.99. The van der Waals surface area contributed by atoms with E-state index >= 15 is 0 Å². The van der Waals surface area contributed by atoms with Gasteiger partial charge in [0.2, 0.25) is 5.91 Å². The van der Waals surface area contributed by atoms with Gasteiger partial charge in [0.25, 0.3) is 0 Å². The summed E-state index contributed by atoms with van der Waals surface area (Å²) in [7, 11) is 2.03. The summed E-state index contributed by atoms with van der Waals surface area (Å²) in [6, 6.07) is 7.96. The van der Waals surface area contributed by atoms with Gasteiger partial charge in [-0.25, -0.2) is 9.97 Å². The maximum Gasteiger partial charge on any atom is 0.242 e. The molecule has 6 heteroatoms. The first-order chi connectivity index (χ1) is 12.0. The summed E-state index contributed by atoms with van der Waals surface area (Å²) in [5, 5.41) is 0. The lowest BCUT2D eigenvalue weighted by Gasteiger charge is -2.17. The average molecular weight is 337 g/mol. The molecule has 0 radical (unpaired) electrons. The summed E-state index contributed by atoms with van der Waals surface area (Å²) >= 11 is 0. The predicted octanol–water partition coefficient (Wildman–Crippen LogP) is 2.40.